The number of thiazole rings is 1. The second-order valence-corrected chi connectivity index (χ2v) is 5.99. The van der Waals surface area contributed by atoms with Crippen LogP contribution in [0.2, 0.25) is 0 Å². The highest BCUT2D eigenvalue weighted by molar-refractivity contribution is 7.12. The summed E-state index contributed by atoms with van der Waals surface area (Å²) < 4.78 is 1.74. The van der Waals surface area contributed by atoms with Gasteiger partial charge in [-0.25, -0.2) is 9.67 Å². The summed E-state index contributed by atoms with van der Waals surface area (Å²) in [6.07, 6.45) is 5.61. The number of aromatic nitrogens is 3. The van der Waals surface area contributed by atoms with E-state index in [1.807, 2.05) is 48.0 Å². The van der Waals surface area contributed by atoms with Crippen molar-refractivity contribution in [2.75, 3.05) is 6.54 Å². The standard InChI is InChI=1S/C17H18N4OS/c22-16(8-7-14-5-2-1-3-6-14)18-11-9-15-13-23-17(20-15)21-12-4-10-19-21/h1-6,10,12-13H,7-9,11H2,(H,18,22). The van der Waals surface area contributed by atoms with Crippen molar-refractivity contribution >= 4 is 17.2 Å². The van der Waals surface area contributed by atoms with Crippen molar-refractivity contribution in [3.63, 3.8) is 0 Å². The summed E-state index contributed by atoms with van der Waals surface area (Å²) in [6, 6.07) is 11.9. The number of rotatable bonds is 7. The van der Waals surface area contributed by atoms with Gasteiger partial charge in [0.1, 0.15) is 0 Å². The molecule has 1 aromatic carbocycles. The van der Waals surface area contributed by atoms with Crippen molar-refractivity contribution < 1.29 is 4.79 Å². The molecule has 0 unspecified atom stereocenters. The van der Waals surface area contributed by atoms with Crippen LogP contribution >= 0.6 is 11.3 Å². The lowest BCUT2D eigenvalue weighted by atomic mass is 10.1. The van der Waals surface area contributed by atoms with Gasteiger partial charge in [0, 0.05) is 37.2 Å². The highest BCUT2D eigenvalue weighted by Gasteiger charge is 2.06. The first-order chi connectivity index (χ1) is 11.3. The third-order valence-electron chi connectivity index (χ3n) is 3.43. The largest absolute Gasteiger partial charge is 0.356 e. The zero-order chi connectivity index (χ0) is 15.9. The molecule has 2 aromatic heterocycles. The van der Waals surface area contributed by atoms with Gasteiger partial charge in [-0.3, -0.25) is 4.79 Å². The molecule has 0 aliphatic rings. The molecule has 118 valence electrons. The molecule has 1 N–H and O–H groups in total. The normalized spacial score (nSPS) is 10.6. The first-order valence-corrected chi connectivity index (χ1v) is 8.44. The Hall–Kier alpha value is -2.47. The smallest absolute Gasteiger partial charge is 0.220 e. The predicted octanol–water partition coefficient (Wildman–Crippen LogP) is 2.62. The van der Waals surface area contributed by atoms with Gasteiger partial charge in [0.15, 0.2) is 0 Å². The lowest BCUT2D eigenvalue weighted by Gasteiger charge is -2.04. The molecule has 2 heterocycles. The number of hydrogen-bond acceptors (Lipinski definition) is 4. The first kappa shape index (κ1) is 15.4. The number of nitrogens with zero attached hydrogens (tertiary/aromatic N) is 3. The van der Waals surface area contributed by atoms with Gasteiger partial charge in [-0.15, -0.1) is 11.3 Å². The second kappa shape index (κ2) is 7.69. The van der Waals surface area contributed by atoms with E-state index in [9.17, 15) is 4.79 Å². The summed E-state index contributed by atoms with van der Waals surface area (Å²) in [4.78, 5) is 16.4. The van der Waals surface area contributed by atoms with Crippen LogP contribution in [0, 0.1) is 0 Å². The lowest BCUT2D eigenvalue weighted by Crippen LogP contribution is -2.25. The second-order valence-electron chi connectivity index (χ2n) is 5.16. The summed E-state index contributed by atoms with van der Waals surface area (Å²) in [6.45, 7) is 0.607. The van der Waals surface area contributed by atoms with Crippen LogP contribution < -0.4 is 5.32 Å². The fourth-order valence-electron chi connectivity index (χ4n) is 2.22. The van der Waals surface area contributed by atoms with Gasteiger partial charge >= 0.3 is 0 Å². The zero-order valence-electron chi connectivity index (χ0n) is 12.7. The molecule has 0 spiro atoms. The monoisotopic (exact) mass is 326 g/mol. The molecule has 6 heteroatoms. The van der Waals surface area contributed by atoms with Gasteiger partial charge in [-0.2, -0.15) is 5.10 Å². The van der Waals surface area contributed by atoms with E-state index in [-0.39, 0.29) is 5.91 Å². The van der Waals surface area contributed by atoms with Crippen molar-refractivity contribution in [1.82, 2.24) is 20.1 Å². The van der Waals surface area contributed by atoms with Crippen LogP contribution in [0.3, 0.4) is 0 Å². The van der Waals surface area contributed by atoms with Crippen molar-refractivity contribution in [3.05, 3.63) is 65.4 Å². The van der Waals surface area contributed by atoms with Crippen LogP contribution in [0.1, 0.15) is 17.7 Å². The molecular weight excluding hydrogens is 308 g/mol. The Morgan fingerprint density at radius 3 is 2.83 bits per heavy atom. The fraction of sp³-hybridized carbons (Fsp3) is 0.235. The average molecular weight is 326 g/mol. The minimum atomic E-state index is 0.0800. The maximum atomic E-state index is 11.9. The molecule has 1 amide bonds. The molecule has 23 heavy (non-hydrogen) atoms. The number of hydrogen-bond donors (Lipinski definition) is 1. The summed E-state index contributed by atoms with van der Waals surface area (Å²) in [5.41, 5.74) is 2.16. The number of nitrogens with one attached hydrogen (secondary N) is 1. The van der Waals surface area contributed by atoms with E-state index in [1.54, 1.807) is 22.2 Å². The Bertz CT molecular complexity index is 737. The van der Waals surface area contributed by atoms with E-state index in [2.05, 4.69) is 15.4 Å². The van der Waals surface area contributed by atoms with Gasteiger partial charge in [-0.05, 0) is 18.1 Å². The van der Waals surface area contributed by atoms with E-state index in [1.165, 1.54) is 5.56 Å². The minimum Gasteiger partial charge on any atom is -0.356 e. The van der Waals surface area contributed by atoms with Crippen molar-refractivity contribution in [1.29, 1.82) is 0 Å². The highest BCUT2D eigenvalue weighted by atomic mass is 32.1. The Morgan fingerprint density at radius 1 is 1.17 bits per heavy atom. The van der Waals surface area contributed by atoms with Crippen LogP contribution in [0.5, 0.6) is 0 Å². The first-order valence-electron chi connectivity index (χ1n) is 7.56. The van der Waals surface area contributed by atoms with E-state index in [4.69, 9.17) is 0 Å². The van der Waals surface area contributed by atoms with Gasteiger partial charge in [0.05, 0.1) is 5.69 Å². The maximum Gasteiger partial charge on any atom is 0.220 e. The van der Waals surface area contributed by atoms with Crippen molar-refractivity contribution in [3.8, 4) is 5.13 Å². The van der Waals surface area contributed by atoms with E-state index in [0.29, 0.717) is 13.0 Å². The third kappa shape index (κ3) is 4.50. The number of carbonyl (C=O) groups is 1. The Labute approximate surface area is 139 Å². The molecule has 3 aromatic rings. The summed E-state index contributed by atoms with van der Waals surface area (Å²) in [5.74, 6) is 0.0800. The van der Waals surface area contributed by atoms with E-state index >= 15 is 0 Å². The average Bonchev–Trinajstić information content (AvgIpc) is 3.25. The molecule has 0 atom stereocenters. The molecule has 0 aliphatic carbocycles. The molecule has 5 nitrogen and oxygen atoms in total. The van der Waals surface area contributed by atoms with Crippen LogP contribution in [-0.2, 0) is 17.6 Å². The molecule has 3 rings (SSSR count). The SMILES string of the molecule is O=C(CCc1ccccc1)NCCc1csc(-n2cccn2)n1. The van der Waals surface area contributed by atoms with Gasteiger partial charge < -0.3 is 5.32 Å². The van der Waals surface area contributed by atoms with Crippen LogP contribution in [0.25, 0.3) is 5.13 Å². The highest BCUT2D eigenvalue weighted by Crippen LogP contribution is 2.13. The fourth-order valence-corrected chi connectivity index (χ4v) is 3.02. The molecule has 0 saturated heterocycles. The Morgan fingerprint density at radius 2 is 2.04 bits per heavy atom. The Kier molecular flexibility index (Phi) is 5.16. The van der Waals surface area contributed by atoms with Crippen molar-refractivity contribution in [2.45, 2.75) is 19.3 Å². The van der Waals surface area contributed by atoms with Crippen LogP contribution in [0.4, 0.5) is 0 Å². The molecule has 0 saturated carbocycles. The summed E-state index contributed by atoms with van der Waals surface area (Å²) in [7, 11) is 0. The molecular formula is C17H18N4OS. The van der Waals surface area contributed by atoms with Crippen molar-refractivity contribution in [2.24, 2.45) is 0 Å². The molecule has 0 fully saturated rings. The summed E-state index contributed by atoms with van der Waals surface area (Å²) >= 11 is 1.55. The van der Waals surface area contributed by atoms with Gasteiger partial charge in [0.2, 0.25) is 11.0 Å². The van der Waals surface area contributed by atoms with Crippen LogP contribution in [-0.4, -0.2) is 27.2 Å². The van der Waals surface area contributed by atoms with Gasteiger partial charge in [0.25, 0.3) is 0 Å². The lowest BCUT2D eigenvalue weighted by molar-refractivity contribution is -0.121. The number of amides is 1. The molecule has 0 radical (unpaired) electrons. The maximum absolute atomic E-state index is 11.9. The van der Waals surface area contributed by atoms with E-state index < -0.39 is 0 Å². The topological polar surface area (TPSA) is 59.8 Å². The number of aryl methyl sites for hydroxylation is 1. The molecule has 0 aliphatic heterocycles. The van der Waals surface area contributed by atoms with E-state index in [0.717, 1.165) is 23.7 Å². The molecule has 0 bridgehead atoms. The predicted molar refractivity (Wildman–Crippen MR) is 90.7 cm³/mol. The quantitative estimate of drug-likeness (QED) is 0.726. The number of benzene rings is 1. The minimum absolute atomic E-state index is 0.0800. The third-order valence-corrected chi connectivity index (χ3v) is 4.31. The van der Waals surface area contributed by atoms with Gasteiger partial charge in [-0.1, -0.05) is 30.3 Å². The Balaban J connectivity index is 1.40. The number of carbonyl (C=O) groups excluding carboxylic acids is 1. The van der Waals surface area contributed by atoms with Crippen LogP contribution in [0.15, 0.2) is 54.2 Å². The zero-order valence-corrected chi connectivity index (χ0v) is 13.5. The summed E-state index contributed by atoms with van der Waals surface area (Å²) in [5, 5.41) is 9.96.